The topological polar surface area (TPSA) is 81.5 Å². The first kappa shape index (κ1) is 22.7. The molecule has 1 saturated carbocycles. The number of nitriles is 1. The number of amides is 2. The second-order valence-electron chi connectivity index (χ2n) is 9.70. The van der Waals surface area contributed by atoms with E-state index in [1.807, 2.05) is 42.3 Å². The quantitative estimate of drug-likeness (QED) is 0.572. The van der Waals surface area contributed by atoms with E-state index in [-0.39, 0.29) is 11.4 Å². The first-order valence-corrected chi connectivity index (χ1v) is 11.9. The molecule has 1 saturated heterocycles. The van der Waals surface area contributed by atoms with Crippen LogP contribution in [0.4, 0.5) is 10.6 Å². The number of nitrogens with one attached hydrogen (secondary N) is 1. The summed E-state index contributed by atoms with van der Waals surface area (Å²) in [6.07, 6.45) is 11.7. The highest BCUT2D eigenvalue weighted by atomic mass is 16.5. The summed E-state index contributed by atoms with van der Waals surface area (Å²) >= 11 is 0. The number of allylic oxidation sites excluding steroid dienone is 6. The molecule has 2 heterocycles. The number of hydrogen-bond acceptors (Lipinski definition) is 5. The van der Waals surface area contributed by atoms with Gasteiger partial charge in [-0.2, -0.15) is 5.26 Å². The van der Waals surface area contributed by atoms with Crippen molar-refractivity contribution in [2.75, 3.05) is 26.0 Å². The van der Waals surface area contributed by atoms with Gasteiger partial charge in [-0.05, 0) is 73.1 Å². The number of hydrogen-bond donors (Lipinski definition) is 1. The van der Waals surface area contributed by atoms with Crippen LogP contribution in [0.1, 0.15) is 43.7 Å². The maximum Gasteiger partial charge on any atom is 0.328 e. The Balaban J connectivity index is 1.54. The van der Waals surface area contributed by atoms with Crippen LogP contribution in [0.25, 0.3) is 5.57 Å². The fraction of sp³-hybridized carbons (Fsp3) is 0.321. The van der Waals surface area contributed by atoms with Crippen molar-refractivity contribution >= 4 is 17.4 Å². The average Bonchev–Trinajstić information content (AvgIpc) is 3.60. The second kappa shape index (κ2) is 8.95. The van der Waals surface area contributed by atoms with Crippen molar-refractivity contribution in [2.24, 2.45) is 5.41 Å². The molecule has 1 N–H and O–H groups in total. The second-order valence-corrected chi connectivity index (χ2v) is 9.70. The van der Waals surface area contributed by atoms with Crippen LogP contribution in [-0.2, 0) is 0 Å². The molecule has 5 rings (SSSR count). The van der Waals surface area contributed by atoms with E-state index >= 15 is 0 Å². The smallest absolute Gasteiger partial charge is 0.328 e. The Morgan fingerprint density at radius 1 is 1.14 bits per heavy atom. The normalized spacial score (nSPS) is 18.5. The molecule has 35 heavy (non-hydrogen) atoms. The van der Waals surface area contributed by atoms with Gasteiger partial charge in [0, 0.05) is 49.9 Å². The maximum atomic E-state index is 13.4. The molecule has 0 radical (unpaired) electrons. The van der Waals surface area contributed by atoms with Crippen molar-refractivity contribution in [3.05, 3.63) is 77.3 Å². The molecule has 0 atom stereocenters. The number of nitrogens with zero attached hydrogens (tertiary/aromatic N) is 4. The summed E-state index contributed by atoms with van der Waals surface area (Å²) in [7, 11) is 3.65. The number of carbonyl (C=O) groups excluding carboxylic acids is 1. The van der Waals surface area contributed by atoms with E-state index in [1.54, 1.807) is 36.3 Å². The molecular weight excluding hydrogens is 438 g/mol. The van der Waals surface area contributed by atoms with Gasteiger partial charge in [-0.1, -0.05) is 13.0 Å². The fourth-order valence-corrected chi connectivity index (χ4v) is 4.50. The minimum atomic E-state index is 0.0124. The van der Waals surface area contributed by atoms with E-state index in [0.717, 1.165) is 54.8 Å². The highest BCUT2D eigenvalue weighted by Crippen LogP contribution is 2.47. The zero-order valence-corrected chi connectivity index (χ0v) is 20.3. The van der Waals surface area contributed by atoms with E-state index in [0.29, 0.717) is 22.9 Å². The predicted octanol–water partition coefficient (Wildman–Crippen LogP) is 5.90. The van der Waals surface area contributed by atoms with Crippen LogP contribution < -0.4 is 10.1 Å². The number of carbonyl (C=O) groups is 1. The highest BCUT2D eigenvalue weighted by molar-refractivity contribution is 5.84. The van der Waals surface area contributed by atoms with Crippen LogP contribution in [0, 0.1) is 16.7 Å². The minimum Gasteiger partial charge on any atom is -0.457 e. The summed E-state index contributed by atoms with van der Waals surface area (Å²) in [5.41, 5.74) is 4.38. The van der Waals surface area contributed by atoms with Crippen molar-refractivity contribution in [3.8, 4) is 17.6 Å². The lowest BCUT2D eigenvalue weighted by molar-refractivity contribution is 0.180. The van der Waals surface area contributed by atoms with E-state index in [2.05, 4.69) is 23.3 Å². The first-order chi connectivity index (χ1) is 16.9. The summed E-state index contributed by atoms with van der Waals surface area (Å²) < 4.78 is 6.09. The zero-order valence-electron chi connectivity index (χ0n) is 20.3. The third-order valence-electron chi connectivity index (χ3n) is 7.00. The third kappa shape index (κ3) is 4.65. The average molecular weight is 468 g/mol. The van der Waals surface area contributed by atoms with Crippen molar-refractivity contribution in [3.63, 3.8) is 0 Å². The van der Waals surface area contributed by atoms with Crippen LogP contribution >= 0.6 is 0 Å². The Labute approximate surface area is 206 Å². The number of anilines is 1. The summed E-state index contributed by atoms with van der Waals surface area (Å²) in [4.78, 5) is 21.3. The molecule has 1 aliphatic heterocycles. The number of benzene rings is 1. The van der Waals surface area contributed by atoms with Gasteiger partial charge in [0.15, 0.2) is 0 Å². The molecule has 2 fully saturated rings. The van der Waals surface area contributed by atoms with Crippen LogP contribution in [0.2, 0.25) is 0 Å². The number of ether oxygens (including phenoxy) is 1. The lowest BCUT2D eigenvalue weighted by Gasteiger charge is -2.29. The Morgan fingerprint density at radius 2 is 1.91 bits per heavy atom. The highest BCUT2D eigenvalue weighted by Gasteiger charge is 2.42. The lowest BCUT2D eigenvalue weighted by atomic mass is 9.96. The van der Waals surface area contributed by atoms with Gasteiger partial charge in [0.1, 0.15) is 17.3 Å². The van der Waals surface area contributed by atoms with Crippen molar-refractivity contribution in [1.82, 2.24) is 14.8 Å². The molecule has 0 spiro atoms. The van der Waals surface area contributed by atoms with Gasteiger partial charge in [-0.15, -0.1) is 0 Å². The molecular formula is C28H29N5O2. The van der Waals surface area contributed by atoms with Crippen molar-refractivity contribution in [1.29, 1.82) is 5.26 Å². The number of aromatic nitrogens is 1. The number of fused-ring (bicyclic) bond motifs is 3. The SMILES string of the molecule is CNc1cc(Oc2ccc(C#N)c(C3=CC=C4CCC(=C3)N(C)C(=O)N4CC3(C)CC3)c2)ccn1. The monoisotopic (exact) mass is 467 g/mol. The van der Waals surface area contributed by atoms with E-state index < -0.39 is 0 Å². The van der Waals surface area contributed by atoms with Crippen molar-refractivity contribution in [2.45, 2.75) is 32.6 Å². The van der Waals surface area contributed by atoms with Gasteiger partial charge >= 0.3 is 6.03 Å². The van der Waals surface area contributed by atoms with Gasteiger partial charge in [-0.3, -0.25) is 4.90 Å². The van der Waals surface area contributed by atoms with Gasteiger partial charge in [0.25, 0.3) is 0 Å². The van der Waals surface area contributed by atoms with E-state index in [4.69, 9.17) is 4.74 Å². The molecule has 1 aromatic heterocycles. The molecule has 7 heteroatoms. The van der Waals surface area contributed by atoms with Crippen molar-refractivity contribution < 1.29 is 9.53 Å². The standard InChI is InChI=1S/C28H29N5O2/c1-28(11-12-28)18-33-21-6-4-19(14-22(8-7-21)32(3)27(33)34)25-15-23(9-5-20(25)17-29)35-24-10-13-31-26(16-24)30-2/h4-6,9-10,13-16H,7-8,11-12,18H2,1-3H3,(H,30,31). The molecule has 1 aromatic carbocycles. The van der Waals surface area contributed by atoms with Gasteiger partial charge in [0.2, 0.25) is 0 Å². The van der Waals surface area contributed by atoms with Crippen LogP contribution in [-0.4, -0.2) is 41.5 Å². The molecule has 0 unspecified atom stereocenters. The lowest BCUT2D eigenvalue weighted by Crippen LogP contribution is -2.40. The molecule has 178 valence electrons. The summed E-state index contributed by atoms with van der Waals surface area (Å²) in [6.45, 7) is 2.99. The predicted molar refractivity (Wildman–Crippen MR) is 136 cm³/mol. The molecule has 7 nitrogen and oxygen atoms in total. The Bertz CT molecular complexity index is 1310. The molecule has 3 aliphatic rings. The number of urea groups is 1. The van der Waals surface area contributed by atoms with Gasteiger partial charge in [0.05, 0.1) is 11.6 Å². The van der Waals surface area contributed by atoms with Gasteiger partial charge in [-0.25, -0.2) is 9.78 Å². The van der Waals surface area contributed by atoms with E-state index in [9.17, 15) is 10.1 Å². The maximum absolute atomic E-state index is 13.4. The van der Waals surface area contributed by atoms with Crippen LogP contribution in [0.15, 0.2) is 66.2 Å². The van der Waals surface area contributed by atoms with Crippen LogP contribution in [0.3, 0.4) is 0 Å². The third-order valence-corrected chi connectivity index (χ3v) is 7.00. The van der Waals surface area contributed by atoms with Crippen LogP contribution in [0.5, 0.6) is 11.5 Å². The Kier molecular flexibility index (Phi) is 5.81. The summed E-state index contributed by atoms with van der Waals surface area (Å²) in [5.74, 6) is 1.98. The fourth-order valence-electron chi connectivity index (χ4n) is 4.50. The Hall–Kier alpha value is -4.05. The number of pyridine rings is 1. The van der Waals surface area contributed by atoms with Gasteiger partial charge < -0.3 is 15.0 Å². The molecule has 2 amide bonds. The molecule has 2 bridgehead atoms. The number of rotatable bonds is 6. The summed E-state index contributed by atoms with van der Waals surface area (Å²) in [6, 6.07) is 11.4. The molecule has 2 aliphatic carbocycles. The summed E-state index contributed by atoms with van der Waals surface area (Å²) in [5, 5.41) is 12.8. The minimum absolute atomic E-state index is 0.0124. The molecule has 2 aromatic rings. The zero-order chi connectivity index (χ0) is 24.6. The first-order valence-electron chi connectivity index (χ1n) is 11.9. The van der Waals surface area contributed by atoms with E-state index in [1.165, 1.54) is 0 Å². The Morgan fingerprint density at radius 3 is 2.66 bits per heavy atom. The largest absolute Gasteiger partial charge is 0.457 e.